The molecule has 23 heavy (non-hydrogen) atoms. The number of carbonyl (C=O) groups excluding carboxylic acids is 1. The molecular weight excluding hydrogens is 286 g/mol. The van der Waals surface area contributed by atoms with E-state index in [4.69, 9.17) is 0 Å². The summed E-state index contributed by atoms with van der Waals surface area (Å²) < 4.78 is 2.12. The molecule has 0 bridgehead atoms. The zero-order valence-corrected chi connectivity index (χ0v) is 13.4. The van der Waals surface area contributed by atoms with Crippen LogP contribution in [0.15, 0.2) is 48.8 Å². The number of amides is 1. The SMILES string of the molecule is CC(C)n1cnc2cc(C(=O)N3CCc4ccccc43)ccc21. The van der Waals surface area contributed by atoms with Crippen LogP contribution in [0.2, 0.25) is 0 Å². The molecule has 116 valence electrons. The maximum absolute atomic E-state index is 12.9. The minimum Gasteiger partial charge on any atom is -0.328 e. The summed E-state index contributed by atoms with van der Waals surface area (Å²) >= 11 is 0. The predicted octanol–water partition coefficient (Wildman–Crippen LogP) is 3.82. The lowest BCUT2D eigenvalue weighted by Crippen LogP contribution is -2.28. The van der Waals surface area contributed by atoms with Crippen LogP contribution in [-0.4, -0.2) is 22.0 Å². The van der Waals surface area contributed by atoms with Gasteiger partial charge < -0.3 is 9.47 Å². The molecule has 2 heterocycles. The zero-order valence-electron chi connectivity index (χ0n) is 13.4. The van der Waals surface area contributed by atoms with Crippen molar-refractivity contribution in [2.75, 3.05) is 11.4 Å². The Balaban J connectivity index is 1.71. The molecule has 0 radical (unpaired) electrons. The molecule has 0 saturated carbocycles. The third-order valence-corrected chi connectivity index (χ3v) is 4.51. The minimum atomic E-state index is 0.0518. The number of benzene rings is 2. The number of fused-ring (bicyclic) bond motifs is 2. The van der Waals surface area contributed by atoms with Gasteiger partial charge in [0.15, 0.2) is 0 Å². The third kappa shape index (κ3) is 2.22. The summed E-state index contributed by atoms with van der Waals surface area (Å²) in [4.78, 5) is 19.2. The van der Waals surface area contributed by atoms with Gasteiger partial charge in [-0.3, -0.25) is 4.79 Å². The van der Waals surface area contributed by atoms with E-state index in [0.29, 0.717) is 11.6 Å². The van der Waals surface area contributed by atoms with E-state index in [1.807, 2.05) is 47.6 Å². The van der Waals surface area contributed by atoms with Gasteiger partial charge in [-0.15, -0.1) is 0 Å². The van der Waals surface area contributed by atoms with E-state index in [9.17, 15) is 4.79 Å². The van der Waals surface area contributed by atoms with Crippen LogP contribution >= 0.6 is 0 Å². The van der Waals surface area contributed by atoms with Gasteiger partial charge in [-0.25, -0.2) is 4.98 Å². The zero-order chi connectivity index (χ0) is 16.0. The molecule has 0 fully saturated rings. The van der Waals surface area contributed by atoms with E-state index in [1.165, 1.54) is 5.56 Å². The normalized spacial score (nSPS) is 13.8. The molecule has 3 aromatic rings. The molecule has 1 aliphatic rings. The molecule has 0 spiro atoms. The van der Waals surface area contributed by atoms with Crippen molar-refractivity contribution in [1.82, 2.24) is 9.55 Å². The quantitative estimate of drug-likeness (QED) is 0.722. The van der Waals surface area contributed by atoms with Crippen molar-refractivity contribution >= 4 is 22.6 Å². The van der Waals surface area contributed by atoms with Crippen molar-refractivity contribution in [2.45, 2.75) is 26.3 Å². The molecule has 0 unspecified atom stereocenters. The Bertz CT molecular complexity index is 895. The Morgan fingerprint density at radius 3 is 2.83 bits per heavy atom. The Morgan fingerprint density at radius 2 is 2.00 bits per heavy atom. The number of imidazole rings is 1. The first-order valence-corrected chi connectivity index (χ1v) is 8.01. The number of hydrogen-bond donors (Lipinski definition) is 0. The number of carbonyl (C=O) groups is 1. The highest BCUT2D eigenvalue weighted by Gasteiger charge is 2.25. The molecule has 4 heteroatoms. The van der Waals surface area contributed by atoms with E-state index in [1.54, 1.807) is 0 Å². The highest BCUT2D eigenvalue weighted by molar-refractivity contribution is 6.08. The Kier molecular flexibility index (Phi) is 3.18. The van der Waals surface area contributed by atoms with Gasteiger partial charge >= 0.3 is 0 Å². The summed E-state index contributed by atoms with van der Waals surface area (Å²) in [6.07, 6.45) is 2.76. The van der Waals surface area contributed by atoms with Crippen molar-refractivity contribution in [3.8, 4) is 0 Å². The lowest BCUT2D eigenvalue weighted by Gasteiger charge is -2.17. The second kappa shape index (κ2) is 5.23. The third-order valence-electron chi connectivity index (χ3n) is 4.51. The van der Waals surface area contributed by atoms with Crippen molar-refractivity contribution in [1.29, 1.82) is 0 Å². The van der Waals surface area contributed by atoms with E-state index >= 15 is 0 Å². The van der Waals surface area contributed by atoms with Crippen LogP contribution in [0, 0.1) is 0 Å². The van der Waals surface area contributed by atoms with Crippen LogP contribution in [0.4, 0.5) is 5.69 Å². The standard InChI is InChI=1S/C19H19N3O/c1-13(2)22-12-20-16-11-15(7-8-18(16)22)19(23)21-10-9-14-5-3-4-6-17(14)21/h3-8,11-13H,9-10H2,1-2H3. The molecule has 4 nitrogen and oxygen atoms in total. The highest BCUT2D eigenvalue weighted by Crippen LogP contribution is 2.29. The topological polar surface area (TPSA) is 38.1 Å². The van der Waals surface area contributed by atoms with Gasteiger partial charge in [-0.1, -0.05) is 18.2 Å². The maximum Gasteiger partial charge on any atom is 0.258 e. The van der Waals surface area contributed by atoms with Crippen molar-refractivity contribution in [2.24, 2.45) is 0 Å². The second-order valence-electron chi connectivity index (χ2n) is 6.28. The summed E-state index contributed by atoms with van der Waals surface area (Å²) in [6.45, 7) is 5.00. The highest BCUT2D eigenvalue weighted by atomic mass is 16.2. The summed E-state index contributed by atoms with van der Waals surface area (Å²) in [5, 5.41) is 0. The van der Waals surface area contributed by atoms with Crippen molar-refractivity contribution in [3.63, 3.8) is 0 Å². The summed E-state index contributed by atoms with van der Waals surface area (Å²) in [7, 11) is 0. The maximum atomic E-state index is 12.9. The van der Waals surface area contributed by atoms with Gasteiger partial charge in [-0.2, -0.15) is 0 Å². The predicted molar refractivity (Wildman–Crippen MR) is 91.9 cm³/mol. The molecule has 1 aliphatic heterocycles. The first-order valence-electron chi connectivity index (χ1n) is 8.01. The van der Waals surface area contributed by atoms with Gasteiger partial charge in [0, 0.05) is 23.8 Å². The molecular formula is C19H19N3O. The second-order valence-corrected chi connectivity index (χ2v) is 6.28. The molecule has 0 aliphatic carbocycles. The molecule has 4 rings (SSSR count). The fraction of sp³-hybridized carbons (Fsp3) is 0.263. The fourth-order valence-electron chi connectivity index (χ4n) is 3.28. The summed E-state index contributed by atoms with van der Waals surface area (Å²) in [5.41, 5.74) is 4.91. The van der Waals surface area contributed by atoms with E-state index in [0.717, 1.165) is 29.7 Å². The molecule has 1 aromatic heterocycles. The van der Waals surface area contributed by atoms with Gasteiger partial charge in [-0.05, 0) is 50.1 Å². The Labute approximate surface area is 135 Å². The van der Waals surface area contributed by atoms with Crippen molar-refractivity contribution in [3.05, 3.63) is 59.9 Å². The monoisotopic (exact) mass is 305 g/mol. The summed E-state index contributed by atoms with van der Waals surface area (Å²) in [5.74, 6) is 0.0518. The molecule has 0 N–H and O–H groups in total. The van der Waals surface area contributed by atoms with Gasteiger partial charge in [0.25, 0.3) is 5.91 Å². The van der Waals surface area contributed by atoms with Crippen molar-refractivity contribution < 1.29 is 4.79 Å². The van der Waals surface area contributed by atoms with Crippen LogP contribution in [0.25, 0.3) is 11.0 Å². The fourth-order valence-corrected chi connectivity index (χ4v) is 3.28. The number of para-hydroxylation sites is 1. The lowest BCUT2D eigenvalue weighted by atomic mass is 10.1. The van der Waals surface area contributed by atoms with E-state index < -0.39 is 0 Å². The van der Waals surface area contributed by atoms with Gasteiger partial charge in [0.05, 0.1) is 17.4 Å². The van der Waals surface area contributed by atoms with Crippen LogP contribution in [-0.2, 0) is 6.42 Å². The van der Waals surface area contributed by atoms with Crippen LogP contribution in [0.3, 0.4) is 0 Å². The number of aromatic nitrogens is 2. The molecule has 0 saturated heterocycles. The van der Waals surface area contributed by atoms with Gasteiger partial charge in [0.1, 0.15) is 0 Å². The van der Waals surface area contributed by atoms with E-state index in [2.05, 4.69) is 29.5 Å². The Hall–Kier alpha value is -2.62. The molecule has 0 atom stereocenters. The average Bonchev–Trinajstić information content (AvgIpc) is 3.17. The lowest BCUT2D eigenvalue weighted by molar-refractivity contribution is 0.0989. The number of rotatable bonds is 2. The van der Waals surface area contributed by atoms with Crippen LogP contribution in [0.5, 0.6) is 0 Å². The molecule has 1 amide bonds. The number of anilines is 1. The first-order chi connectivity index (χ1) is 11.1. The Morgan fingerprint density at radius 1 is 1.17 bits per heavy atom. The van der Waals surface area contributed by atoms with Crippen LogP contribution < -0.4 is 4.90 Å². The summed E-state index contributed by atoms with van der Waals surface area (Å²) in [6, 6.07) is 14.3. The minimum absolute atomic E-state index is 0.0518. The smallest absolute Gasteiger partial charge is 0.258 e. The average molecular weight is 305 g/mol. The van der Waals surface area contributed by atoms with Crippen LogP contribution in [0.1, 0.15) is 35.8 Å². The first kappa shape index (κ1) is 14.0. The number of nitrogens with zero attached hydrogens (tertiary/aromatic N) is 3. The molecule has 2 aromatic carbocycles. The van der Waals surface area contributed by atoms with E-state index in [-0.39, 0.29) is 5.91 Å². The largest absolute Gasteiger partial charge is 0.328 e. The van der Waals surface area contributed by atoms with Gasteiger partial charge in [0.2, 0.25) is 0 Å². The number of hydrogen-bond acceptors (Lipinski definition) is 2.